The molecular formula is C20H19N9O2. The smallest absolute Gasteiger partial charge is 0.182 e. The van der Waals surface area contributed by atoms with Crippen LogP contribution in [0, 0.1) is 11.3 Å². The van der Waals surface area contributed by atoms with Gasteiger partial charge in [-0.3, -0.25) is 0 Å². The van der Waals surface area contributed by atoms with Crippen molar-refractivity contribution in [3.63, 3.8) is 0 Å². The van der Waals surface area contributed by atoms with Gasteiger partial charge in [-0.1, -0.05) is 5.21 Å². The summed E-state index contributed by atoms with van der Waals surface area (Å²) in [6.07, 6.45) is 0.824. The van der Waals surface area contributed by atoms with Gasteiger partial charge >= 0.3 is 0 Å². The first kappa shape index (κ1) is 19.8. The standard InChI is InChI=1S/C10H10N6O.C10H9N3O/c1-17-6-2-3-7-8(4-6)12-9(11-7)5-10-13-15-16-14-10;1-14-7-2-3-8-9(6-7)13-10(12-8)4-5-11/h2-4H,5H2,1H3,(H,11,12)(H,13,14,15,16);2-3,6H,4H2,1H3,(H,12,13). The molecule has 0 bridgehead atoms. The van der Waals surface area contributed by atoms with Crippen molar-refractivity contribution < 1.29 is 9.47 Å². The second-order valence-electron chi connectivity index (χ2n) is 6.47. The molecule has 0 radical (unpaired) electrons. The first-order valence-electron chi connectivity index (χ1n) is 9.33. The number of hydrogen-bond acceptors (Lipinski definition) is 8. The number of fused-ring (bicyclic) bond motifs is 2. The number of methoxy groups -OCH3 is 2. The number of nitrogens with one attached hydrogen (secondary N) is 3. The Morgan fingerprint density at radius 3 is 2.06 bits per heavy atom. The molecule has 156 valence electrons. The summed E-state index contributed by atoms with van der Waals surface area (Å²) < 4.78 is 10.2. The van der Waals surface area contributed by atoms with Gasteiger partial charge in [0.05, 0.1) is 55.2 Å². The molecule has 0 aliphatic heterocycles. The van der Waals surface area contributed by atoms with Crippen LogP contribution in [-0.2, 0) is 12.8 Å². The van der Waals surface area contributed by atoms with E-state index in [-0.39, 0.29) is 0 Å². The molecule has 0 aliphatic rings. The molecule has 11 nitrogen and oxygen atoms in total. The Labute approximate surface area is 176 Å². The highest BCUT2D eigenvalue weighted by molar-refractivity contribution is 5.77. The molecule has 5 rings (SSSR count). The SMILES string of the molecule is COc1ccc2nc(CC#N)[nH]c2c1.COc1ccc2nc(Cc3nn[nH]n3)[nH]c2c1. The predicted molar refractivity (Wildman–Crippen MR) is 112 cm³/mol. The van der Waals surface area contributed by atoms with Crippen LogP contribution >= 0.6 is 0 Å². The van der Waals surface area contributed by atoms with E-state index in [1.165, 1.54) is 0 Å². The van der Waals surface area contributed by atoms with Crippen LogP contribution in [0.2, 0.25) is 0 Å². The summed E-state index contributed by atoms with van der Waals surface area (Å²) in [6.45, 7) is 0. The zero-order valence-corrected chi connectivity index (χ0v) is 16.9. The summed E-state index contributed by atoms with van der Waals surface area (Å²) >= 11 is 0. The number of aromatic nitrogens is 8. The van der Waals surface area contributed by atoms with E-state index in [2.05, 4.69) is 40.6 Å². The molecule has 0 spiro atoms. The lowest BCUT2D eigenvalue weighted by molar-refractivity contribution is 0.415. The molecule has 3 heterocycles. The number of H-pyrrole nitrogens is 3. The van der Waals surface area contributed by atoms with Gasteiger partial charge < -0.3 is 19.4 Å². The van der Waals surface area contributed by atoms with Crippen molar-refractivity contribution in [3.8, 4) is 17.6 Å². The van der Waals surface area contributed by atoms with Gasteiger partial charge in [-0.2, -0.15) is 10.5 Å². The van der Waals surface area contributed by atoms with Crippen molar-refractivity contribution in [1.29, 1.82) is 5.26 Å². The minimum Gasteiger partial charge on any atom is -0.497 e. The lowest BCUT2D eigenvalue weighted by Crippen LogP contribution is -1.93. The summed E-state index contributed by atoms with van der Waals surface area (Å²) in [5.41, 5.74) is 3.58. The molecule has 11 heteroatoms. The molecule has 0 atom stereocenters. The summed E-state index contributed by atoms with van der Waals surface area (Å²) in [5, 5.41) is 22.2. The number of imidazole rings is 2. The fourth-order valence-electron chi connectivity index (χ4n) is 2.99. The molecule has 3 N–H and O–H groups in total. The Hall–Kier alpha value is -4.46. The third kappa shape index (κ3) is 4.59. The van der Waals surface area contributed by atoms with Crippen molar-refractivity contribution in [3.05, 3.63) is 53.9 Å². The minimum atomic E-state index is 0.303. The number of ether oxygens (including phenoxy) is 2. The second-order valence-corrected chi connectivity index (χ2v) is 6.47. The van der Waals surface area contributed by atoms with Crippen LogP contribution in [0.25, 0.3) is 22.1 Å². The molecule has 0 aliphatic carbocycles. The Kier molecular flexibility index (Phi) is 5.70. The highest BCUT2D eigenvalue weighted by Gasteiger charge is 2.07. The minimum absolute atomic E-state index is 0.303. The maximum Gasteiger partial charge on any atom is 0.182 e. The van der Waals surface area contributed by atoms with Crippen LogP contribution in [0.4, 0.5) is 0 Å². The van der Waals surface area contributed by atoms with Crippen LogP contribution in [-0.4, -0.2) is 54.8 Å². The Bertz CT molecular complexity index is 1330. The Morgan fingerprint density at radius 1 is 0.903 bits per heavy atom. The van der Waals surface area contributed by atoms with Crippen molar-refractivity contribution in [2.75, 3.05) is 14.2 Å². The quantitative estimate of drug-likeness (QED) is 0.393. The van der Waals surface area contributed by atoms with Crippen molar-refractivity contribution in [2.45, 2.75) is 12.8 Å². The largest absolute Gasteiger partial charge is 0.497 e. The van der Waals surface area contributed by atoms with E-state index in [1.54, 1.807) is 14.2 Å². The van der Waals surface area contributed by atoms with Gasteiger partial charge in [0, 0.05) is 12.1 Å². The van der Waals surface area contributed by atoms with Crippen molar-refractivity contribution >= 4 is 22.1 Å². The molecule has 0 saturated carbocycles. The fourth-order valence-corrected chi connectivity index (χ4v) is 2.99. The number of nitriles is 1. The van der Waals surface area contributed by atoms with Crippen LogP contribution in [0.15, 0.2) is 36.4 Å². The van der Waals surface area contributed by atoms with E-state index in [1.807, 2.05) is 42.5 Å². The molecule has 0 amide bonds. The van der Waals surface area contributed by atoms with E-state index in [9.17, 15) is 0 Å². The lowest BCUT2D eigenvalue weighted by atomic mass is 10.3. The Morgan fingerprint density at radius 2 is 1.52 bits per heavy atom. The highest BCUT2D eigenvalue weighted by Crippen LogP contribution is 2.19. The van der Waals surface area contributed by atoms with Gasteiger partial charge in [-0.15, -0.1) is 10.2 Å². The normalized spacial score (nSPS) is 10.5. The monoisotopic (exact) mass is 417 g/mol. The van der Waals surface area contributed by atoms with Gasteiger partial charge in [0.2, 0.25) is 0 Å². The first-order valence-corrected chi connectivity index (χ1v) is 9.33. The summed E-state index contributed by atoms with van der Waals surface area (Å²) in [7, 11) is 3.26. The van der Waals surface area contributed by atoms with Crippen LogP contribution < -0.4 is 9.47 Å². The second kappa shape index (κ2) is 8.91. The van der Waals surface area contributed by atoms with Crippen LogP contribution in [0.5, 0.6) is 11.5 Å². The van der Waals surface area contributed by atoms with Gasteiger partial charge in [0.1, 0.15) is 23.1 Å². The molecular weight excluding hydrogens is 398 g/mol. The summed E-state index contributed by atoms with van der Waals surface area (Å²) in [5.74, 6) is 3.68. The molecule has 31 heavy (non-hydrogen) atoms. The van der Waals surface area contributed by atoms with Gasteiger partial charge in [-0.05, 0) is 24.3 Å². The number of hydrogen-bond donors (Lipinski definition) is 3. The maximum absolute atomic E-state index is 8.51. The van der Waals surface area contributed by atoms with E-state index in [0.29, 0.717) is 24.5 Å². The topological polar surface area (TPSA) is 154 Å². The van der Waals surface area contributed by atoms with E-state index < -0.39 is 0 Å². The number of rotatable bonds is 5. The van der Waals surface area contributed by atoms with E-state index in [4.69, 9.17) is 14.7 Å². The average Bonchev–Trinajstić information content (AvgIpc) is 3.52. The average molecular weight is 417 g/mol. The molecule has 2 aromatic carbocycles. The zero-order chi connectivity index (χ0) is 21.6. The van der Waals surface area contributed by atoms with Gasteiger partial charge in [0.15, 0.2) is 5.82 Å². The third-order valence-corrected chi connectivity index (χ3v) is 4.44. The van der Waals surface area contributed by atoms with Crippen LogP contribution in [0.1, 0.15) is 17.5 Å². The summed E-state index contributed by atoms with van der Waals surface area (Å²) in [6, 6.07) is 13.3. The van der Waals surface area contributed by atoms with E-state index >= 15 is 0 Å². The molecule has 5 aromatic rings. The maximum atomic E-state index is 8.51. The first-order chi connectivity index (χ1) is 15.2. The van der Waals surface area contributed by atoms with Crippen LogP contribution in [0.3, 0.4) is 0 Å². The number of aromatic amines is 3. The van der Waals surface area contributed by atoms with Crippen molar-refractivity contribution in [2.24, 2.45) is 0 Å². The number of nitrogens with zero attached hydrogens (tertiary/aromatic N) is 6. The zero-order valence-electron chi connectivity index (χ0n) is 16.9. The van der Waals surface area contributed by atoms with Gasteiger partial charge in [0.25, 0.3) is 0 Å². The third-order valence-electron chi connectivity index (χ3n) is 4.44. The van der Waals surface area contributed by atoms with Gasteiger partial charge in [-0.25, -0.2) is 9.97 Å². The molecule has 3 aromatic heterocycles. The highest BCUT2D eigenvalue weighted by atomic mass is 16.5. The summed E-state index contributed by atoms with van der Waals surface area (Å²) in [4.78, 5) is 14.9. The van der Waals surface area contributed by atoms with Crippen molar-refractivity contribution in [1.82, 2.24) is 40.6 Å². The number of tetrazole rings is 1. The molecule has 0 unspecified atom stereocenters. The molecule has 0 saturated heterocycles. The van der Waals surface area contributed by atoms with E-state index in [0.717, 1.165) is 39.4 Å². The Balaban J connectivity index is 0.000000152. The molecule has 0 fully saturated rings. The predicted octanol–water partition coefficient (Wildman–Crippen LogP) is 2.31. The fraction of sp³-hybridized carbons (Fsp3) is 0.200. The lowest BCUT2D eigenvalue weighted by Gasteiger charge is -1.96. The number of benzene rings is 2.